The topological polar surface area (TPSA) is 24.5 Å². The second-order valence-corrected chi connectivity index (χ2v) is 7.45. The molecule has 0 aromatic heterocycles. The average molecular weight is 324 g/mol. The van der Waals surface area contributed by atoms with Crippen LogP contribution in [0.25, 0.3) is 10.8 Å². The first-order valence-corrected chi connectivity index (χ1v) is 9.32. The lowest BCUT2D eigenvalue weighted by atomic mass is 10.0. The summed E-state index contributed by atoms with van der Waals surface area (Å²) in [6.07, 6.45) is 5.47. The molecule has 1 saturated heterocycles. The van der Waals surface area contributed by atoms with Crippen molar-refractivity contribution in [3.8, 4) is 5.75 Å². The molecule has 4 rings (SSSR count). The number of hydrogen-bond donors (Lipinski definition) is 1. The molecule has 128 valence electrons. The third-order valence-electron chi connectivity index (χ3n) is 5.50. The summed E-state index contributed by atoms with van der Waals surface area (Å²) in [7, 11) is 1.72. The van der Waals surface area contributed by atoms with Gasteiger partial charge in [0, 0.05) is 12.6 Å². The Kier molecular flexibility index (Phi) is 4.72. The second-order valence-electron chi connectivity index (χ2n) is 7.45. The Morgan fingerprint density at radius 3 is 2.50 bits per heavy atom. The molecule has 2 fully saturated rings. The molecule has 3 heteroatoms. The molecule has 2 aliphatic rings. The van der Waals surface area contributed by atoms with E-state index in [0.29, 0.717) is 0 Å². The van der Waals surface area contributed by atoms with E-state index in [1.165, 1.54) is 61.7 Å². The van der Waals surface area contributed by atoms with Crippen LogP contribution >= 0.6 is 0 Å². The molecule has 24 heavy (non-hydrogen) atoms. The maximum absolute atomic E-state index is 5.31. The molecule has 3 nitrogen and oxygen atoms in total. The minimum atomic E-state index is 0.742. The molecule has 2 aromatic rings. The SMILES string of the molecule is COc1ccc2cc(CN3CCC(NCC4CC4)CC3)ccc2c1. The van der Waals surface area contributed by atoms with Crippen LogP contribution in [0.2, 0.25) is 0 Å². The van der Waals surface area contributed by atoms with Gasteiger partial charge in [0.1, 0.15) is 5.75 Å². The van der Waals surface area contributed by atoms with Crippen molar-refractivity contribution in [3.05, 3.63) is 42.0 Å². The summed E-state index contributed by atoms with van der Waals surface area (Å²) in [4.78, 5) is 2.60. The first kappa shape index (κ1) is 15.9. The van der Waals surface area contributed by atoms with Gasteiger partial charge in [0.25, 0.3) is 0 Å². The van der Waals surface area contributed by atoms with E-state index in [2.05, 4.69) is 40.5 Å². The summed E-state index contributed by atoms with van der Waals surface area (Å²) in [5.74, 6) is 1.91. The van der Waals surface area contributed by atoms with Gasteiger partial charge in [0.05, 0.1) is 7.11 Å². The zero-order valence-corrected chi connectivity index (χ0v) is 14.6. The van der Waals surface area contributed by atoms with E-state index >= 15 is 0 Å². The van der Waals surface area contributed by atoms with E-state index in [0.717, 1.165) is 24.3 Å². The lowest BCUT2D eigenvalue weighted by molar-refractivity contribution is 0.190. The zero-order valence-electron chi connectivity index (χ0n) is 14.6. The molecular weight excluding hydrogens is 296 g/mol. The zero-order chi connectivity index (χ0) is 16.4. The number of ether oxygens (including phenoxy) is 1. The molecule has 0 atom stereocenters. The Bertz CT molecular complexity index is 687. The minimum Gasteiger partial charge on any atom is -0.497 e. The molecule has 1 saturated carbocycles. The third-order valence-corrected chi connectivity index (χ3v) is 5.50. The Morgan fingerprint density at radius 2 is 1.75 bits per heavy atom. The maximum atomic E-state index is 5.31. The van der Waals surface area contributed by atoms with Gasteiger partial charge in [-0.2, -0.15) is 0 Å². The van der Waals surface area contributed by atoms with Gasteiger partial charge in [-0.3, -0.25) is 4.90 Å². The second kappa shape index (κ2) is 7.12. The summed E-state index contributed by atoms with van der Waals surface area (Å²) in [5.41, 5.74) is 1.41. The fourth-order valence-electron chi connectivity index (χ4n) is 3.71. The van der Waals surface area contributed by atoms with E-state index in [1.807, 2.05) is 6.07 Å². The van der Waals surface area contributed by atoms with Crippen LogP contribution in [0.5, 0.6) is 5.75 Å². The van der Waals surface area contributed by atoms with Gasteiger partial charge in [-0.15, -0.1) is 0 Å². The lowest BCUT2D eigenvalue weighted by Crippen LogP contribution is -2.42. The van der Waals surface area contributed by atoms with Crippen LogP contribution in [-0.4, -0.2) is 37.7 Å². The Hall–Kier alpha value is -1.58. The quantitative estimate of drug-likeness (QED) is 0.874. The van der Waals surface area contributed by atoms with Crippen LogP contribution in [-0.2, 0) is 6.54 Å². The third kappa shape index (κ3) is 3.90. The van der Waals surface area contributed by atoms with Crippen molar-refractivity contribution in [2.45, 2.75) is 38.3 Å². The largest absolute Gasteiger partial charge is 0.497 e. The number of likely N-dealkylation sites (tertiary alicyclic amines) is 1. The van der Waals surface area contributed by atoms with Crippen LogP contribution in [0.1, 0.15) is 31.2 Å². The van der Waals surface area contributed by atoms with Crippen LogP contribution in [0.3, 0.4) is 0 Å². The standard InChI is InChI=1S/C21H28N2O/c1-24-21-7-6-18-12-17(4-5-19(18)13-21)15-23-10-8-20(9-11-23)22-14-16-2-3-16/h4-7,12-13,16,20,22H,2-3,8-11,14-15H2,1H3. The lowest BCUT2D eigenvalue weighted by Gasteiger charge is -2.32. The number of benzene rings is 2. The van der Waals surface area contributed by atoms with Gasteiger partial charge in [-0.25, -0.2) is 0 Å². The average Bonchev–Trinajstić information content (AvgIpc) is 3.45. The monoisotopic (exact) mass is 324 g/mol. The van der Waals surface area contributed by atoms with Crippen molar-refractivity contribution < 1.29 is 4.74 Å². The molecule has 1 aliphatic heterocycles. The molecule has 1 aliphatic carbocycles. The van der Waals surface area contributed by atoms with Crippen molar-refractivity contribution in [3.63, 3.8) is 0 Å². The van der Waals surface area contributed by atoms with E-state index in [9.17, 15) is 0 Å². The molecule has 0 radical (unpaired) electrons. The van der Waals surface area contributed by atoms with Crippen LogP contribution in [0.4, 0.5) is 0 Å². The molecule has 1 N–H and O–H groups in total. The number of piperidine rings is 1. The van der Waals surface area contributed by atoms with E-state index < -0.39 is 0 Å². The predicted octanol–water partition coefficient (Wildman–Crippen LogP) is 3.81. The number of methoxy groups -OCH3 is 1. The van der Waals surface area contributed by atoms with Gasteiger partial charge in [0.15, 0.2) is 0 Å². The fourth-order valence-corrected chi connectivity index (χ4v) is 3.71. The van der Waals surface area contributed by atoms with Crippen molar-refractivity contribution in [2.24, 2.45) is 5.92 Å². The number of nitrogens with zero attached hydrogens (tertiary/aromatic N) is 1. The van der Waals surface area contributed by atoms with Gasteiger partial charge in [-0.1, -0.05) is 18.2 Å². The van der Waals surface area contributed by atoms with Crippen LogP contribution < -0.4 is 10.1 Å². The molecule has 0 amide bonds. The Labute approximate surface area is 145 Å². The number of rotatable bonds is 6. The fraction of sp³-hybridized carbons (Fsp3) is 0.524. The summed E-state index contributed by atoms with van der Waals surface area (Å²) in [6.45, 7) is 4.74. The van der Waals surface area contributed by atoms with E-state index in [4.69, 9.17) is 4.74 Å². The van der Waals surface area contributed by atoms with Crippen molar-refractivity contribution in [2.75, 3.05) is 26.7 Å². The normalized spacial score (nSPS) is 19.7. The molecule has 0 spiro atoms. The molecule has 1 heterocycles. The minimum absolute atomic E-state index is 0.742. The number of fused-ring (bicyclic) bond motifs is 1. The van der Waals surface area contributed by atoms with Crippen LogP contribution in [0, 0.1) is 5.92 Å². The summed E-state index contributed by atoms with van der Waals surface area (Å²) in [5, 5.41) is 6.32. The van der Waals surface area contributed by atoms with Crippen molar-refractivity contribution in [1.29, 1.82) is 0 Å². The van der Waals surface area contributed by atoms with Gasteiger partial charge in [0.2, 0.25) is 0 Å². The highest BCUT2D eigenvalue weighted by atomic mass is 16.5. The summed E-state index contributed by atoms with van der Waals surface area (Å²) in [6, 6.07) is 13.9. The van der Waals surface area contributed by atoms with Crippen molar-refractivity contribution in [1.82, 2.24) is 10.2 Å². The highest BCUT2D eigenvalue weighted by Crippen LogP contribution is 2.28. The highest BCUT2D eigenvalue weighted by molar-refractivity contribution is 5.84. The Morgan fingerprint density at radius 1 is 1.00 bits per heavy atom. The summed E-state index contributed by atoms with van der Waals surface area (Å²) < 4.78 is 5.31. The van der Waals surface area contributed by atoms with Gasteiger partial charge >= 0.3 is 0 Å². The molecule has 0 bridgehead atoms. The van der Waals surface area contributed by atoms with Crippen LogP contribution in [0.15, 0.2) is 36.4 Å². The maximum Gasteiger partial charge on any atom is 0.119 e. The van der Waals surface area contributed by atoms with E-state index in [-0.39, 0.29) is 0 Å². The van der Waals surface area contributed by atoms with E-state index in [1.54, 1.807) is 7.11 Å². The summed E-state index contributed by atoms with van der Waals surface area (Å²) >= 11 is 0. The molecule has 0 unspecified atom stereocenters. The first-order chi connectivity index (χ1) is 11.8. The molecule has 2 aromatic carbocycles. The first-order valence-electron chi connectivity index (χ1n) is 9.32. The van der Waals surface area contributed by atoms with Gasteiger partial charge in [-0.05, 0) is 85.8 Å². The number of hydrogen-bond acceptors (Lipinski definition) is 3. The highest BCUT2D eigenvalue weighted by Gasteiger charge is 2.24. The number of nitrogens with one attached hydrogen (secondary N) is 1. The predicted molar refractivity (Wildman–Crippen MR) is 99.5 cm³/mol. The smallest absolute Gasteiger partial charge is 0.119 e. The Balaban J connectivity index is 1.32. The molecular formula is C21H28N2O. The van der Waals surface area contributed by atoms with Crippen molar-refractivity contribution >= 4 is 10.8 Å². The van der Waals surface area contributed by atoms with Gasteiger partial charge < -0.3 is 10.1 Å².